The second kappa shape index (κ2) is 7.44. The van der Waals surface area contributed by atoms with E-state index in [1.807, 2.05) is 0 Å². The number of rotatable bonds is 4. The molecule has 2 bridgehead atoms. The number of allylic oxidation sites excluding steroid dienone is 3. The fourth-order valence-electron chi connectivity index (χ4n) is 5.21. The normalized spacial score (nSPS) is 29.9. The molecule has 1 saturated carbocycles. The van der Waals surface area contributed by atoms with Crippen molar-refractivity contribution in [1.82, 2.24) is 19.9 Å². The number of hydrogen-bond donors (Lipinski definition) is 2. The van der Waals surface area contributed by atoms with Gasteiger partial charge in [-0.05, 0) is 68.5 Å². The molecule has 6 rings (SSSR count). The summed E-state index contributed by atoms with van der Waals surface area (Å²) >= 11 is 1.65. The molecule has 5 aliphatic rings. The lowest BCUT2D eigenvalue weighted by atomic mass is 9.84. The molecule has 3 saturated heterocycles. The fraction of sp³-hybridized carbons (Fsp3) is 0.591. The Morgan fingerprint density at radius 3 is 2.85 bits per heavy atom. The maximum absolute atomic E-state index is 4.87. The van der Waals surface area contributed by atoms with Crippen molar-refractivity contribution < 1.29 is 0 Å². The quantitative estimate of drug-likeness (QED) is 0.831. The molecule has 0 amide bonds. The molecule has 144 valence electrons. The van der Waals surface area contributed by atoms with Crippen LogP contribution in [0.5, 0.6) is 0 Å². The smallest absolute Gasteiger partial charge is 0.104 e. The van der Waals surface area contributed by atoms with Gasteiger partial charge in [0.25, 0.3) is 0 Å². The summed E-state index contributed by atoms with van der Waals surface area (Å²) in [7, 11) is 0. The third kappa shape index (κ3) is 3.36. The minimum atomic E-state index is 0.484. The van der Waals surface area contributed by atoms with Crippen LogP contribution in [0.3, 0.4) is 0 Å². The van der Waals surface area contributed by atoms with Gasteiger partial charge in [0.1, 0.15) is 5.69 Å². The van der Waals surface area contributed by atoms with E-state index in [0.717, 1.165) is 36.3 Å². The monoisotopic (exact) mass is 382 g/mol. The Morgan fingerprint density at radius 2 is 2.04 bits per heavy atom. The molecule has 3 aliphatic heterocycles. The van der Waals surface area contributed by atoms with Crippen LogP contribution in [-0.2, 0) is 6.42 Å². The lowest BCUT2D eigenvalue weighted by Crippen LogP contribution is -2.40. The van der Waals surface area contributed by atoms with Crippen LogP contribution >= 0.6 is 11.5 Å². The first kappa shape index (κ1) is 17.5. The molecular formula is C22H30N4S. The molecule has 4 nitrogen and oxygen atoms in total. The second-order valence-electron chi connectivity index (χ2n) is 8.47. The van der Waals surface area contributed by atoms with Crippen LogP contribution in [0.15, 0.2) is 24.8 Å². The molecule has 0 unspecified atom stereocenters. The van der Waals surface area contributed by atoms with E-state index in [9.17, 15) is 0 Å². The van der Waals surface area contributed by atoms with E-state index in [0.29, 0.717) is 6.04 Å². The van der Waals surface area contributed by atoms with Crippen LogP contribution in [0, 0.1) is 5.92 Å². The van der Waals surface area contributed by atoms with Crippen LogP contribution in [-0.4, -0.2) is 41.0 Å². The highest BCUT2D eigenvalue weighted by Gasteiger charge is 2.33. The van der Waals surface area contributed by atoms with Gasteiger partial charge in [-0.2, -0.15) is 4.37 Å². The molecule has 4 fully saturated rings. The third-order valence-corrected chi connectivity index (χ3v) is 7.70. The molecule has 1 aromatic heterocycles. The van der Waals surface area contributed by atoms with Gasteiger partial charge in [-0.3, -0.25) is 0 Å². The summed E-state index contributed by atoms with van der Waals surface area (Å²) in [6.45, 7) is 7.81. The molecule has 1 aromatic rings. The minimum absolute atomic E-state index is 0.484. The van der Waals surface area contributed by atoms with E-state index in [1.165, 1.54) is 67.8 Å². The van der Waals surface area contributed by atoms with Crippen LogP contribution in [0.2, 0.25) is 0 Å². The summed E-state index contributed by atoms with van der Waals surface area (Å²) < 4.78 is 4.87. The molecule has 2 aliphatic carbocycles. The van der Waals surface area contributed by atoms with Crippen molar-refractivity contribution in [3.05, 3.63) is 40.9 Å². The maximum Gasteiger partial charge on any atom is 0.104 e. The topological polar surface area (TPSA) is 40.2 Å². The Morgan fingerprint density at radius 1 is 1.22 bits per heavy atom. The summed E-state index contributed by atoms with van der Waals surface area (Å²) in [5, 5.41) is 7.52. The van der Waals surface area contributed by atoms with Crippen molar-refractivity contribution in [3.63, 3.8) is 0 Å². The van der Waals surface area contributed by atoms with Gasteiger partial charge in [-0.25, -0.2) is 0 Å². The van der Waals surface area contributed by atoms with Gasteiger partial charge in [-0.1, -0.05) is 18.7 Å². The standard InChI is InChI=1S/C22H30N4S/c1-15(24-19-14-23-17-10-8-16(19)9-11-17)21-18-6-2-3-7-20(22(18)27-25-21)26-12-4-5-13-26/h2-3,7,16-17,19,23-24H,1,4-6,8-14H2/t16?,17?,19-/m1/s1. The zero-order valence-electron chi connectivity index (χ0n) is 16.0. The predicted molar refractivity (Wildman–Crippen MR) is 113 cm³/mol. The summed E-state index contributed by atoms with van der Waals surface area (Å²) in [5.74, 6) is 0.769. The Labute approximate surface area is 166 Å². The van der Waals surface area contributed by atoms with Gasteiger partial charge in [0, 0.05) is 37.3 Å². The number of hydrogen-bond acceptors (Lipinski definition) is 5. The number of nitrogens with zero attached hydrogens (tertiary/aromatic N) is 2. The summed E-state index contributed by atoms with van der Waals surface area (Å²) in [5.41, 5.74) is 4.82. The highest BCUT2D eigenvalue weighted by atomic mass is 32.1. The molecule has 2 N–H and O–H groups in total. The van der Waals surface area contributed by atoms with Crippen LogP contribution in [0.25, 0.3) is 11.4 Å². The fourth-order valence-corrected chi connectivity index (χ4v) is 6.20. The first-order valence-electron chi connectivity index (χ1n) is 10.6. The van der Waals surface area contributed by atoms with E-state index in [1.54, 1.807) is 11.5 Å². The van der Waals surface area contributed by atoms with E-state index < -0.39 is 0 Å². The van der Waals surface area contributed by atoms with E-state index in [-0.39, 0.29) is 0 Å². The van der Waals surface area contributed by atoms with Crippen molar-refractivity contribution in [2.45, 2.75) is 57.0 Å². The molecule has 5 heteroatoms. The SMILES string of the molecule is C=C(N[C@@H]1CNC2CCC1CC2)c1nsc2c1CC=CC=C2N1CCCC1. The number of likely N-dealkylation sites (tertiary alicyclic amines) is 1. The zero-order valence-corrected chi connectivity index (χ0v) is 16.9. The third-order valence-electron chi connectivity index (χ3n) is 6.79. The largest absolute Gasteiger partial charge is 0.379 e. The molecule has 27 heavy (non-hydrogen) atoms. The molecular weight excluding hydrogens is 352 g/mol. The Bertz CT molecular complexity index is 763. The van der Waals surface area contributed by atoms with Crippen LogP contribution in [0.4, 0.5) is 0 Å². The molecule has 1 atom stereocenters. The average molecular weight is 383 g/mol. The number of aromatic nitrogens is 1. The Hall–Kier alpha value is -1.59. The van der Waals surface area contributed by atoms with Gasteiger partial charge in [0.05, 0.1) is 16.3 Å². The minimum Gasteiger partial charge on any atom is -0.379 e. The lowest BCUT2D eigenvalue weighted by Gasteiger charge is -2.28. The van der Waals surface area contributed by atoms with E-state index >= 15 is 0 Å². The predicted octanol–water partition coefficient (Wildman–Crippen LogP) is 3.78. The van der Waals surface area contributed by atoms with Gasteiger partial charge in [0.15, 0.2) is 0 Å². The number of fused-ring (bicyclic) bond motifs is 5. The van der Waals surface area contributed by atoms with Gasteiger partial charge in [-0.15, -0.1) is 0 Å². The maximum atomic E-state index is 4.87. The molecule has 0 spiro atoms. The van der Waals surface area contributed by atoms with Crippen molar-refractivity contribution in [3.8, 4) is 0 Å². The van der Waals surface area contributed by atoms with Crippen LogP contribution < -0.4 is 10.6 Å². The second-order valence-corrected chi connectivity index (χ2v) is 9.24. The summed E-state index contributed by atoms with van der Waals surface area (Å²) in [4.78, 5) is 3.88. The lowest BCUT2D eigenvalue weighted by molar-refractivity contribution is 0.312. The van der Waals surface area contributed by atoms with E-state index in [2.05, 4.69) is 40.3 Å². The van der Waals surface area contributed by atoms with Gasteiger partial charge < -0.3 is 15.5 Å². The Kier molecular flexibility index (Phi) is 4.82. The summed E-state index contributed by atoms with van der Waals surface area (Å²) in [6, 6.07) is 1.22. The first-order chi connectivity index (χ1) is 13.3. The highest BCUT2D eigenvalue weighted by molar-refractivity contribution is 7.07. The highest BCUT2D eigenvalue weighted by Crippen LogP contribution is 2.36. The zero-order chi connectivity index (χ0) is 18.2. The van der Waals surface area contributed by atoms with E-state index in [4.69, 9.17) is 4.37 Å². The van der Waals surface area contributed by atoms with Crippen molar-refractivity contribution >= 4 is 22.9 Å². The molecule has 0 aromatic carbocycles. The van der Waals surface area contributed by atoms with Gasteiger partial charge in [0.2, 0.25) is 0 Å². The molecule has 0 radical (unpaired) electrons. The molecule has 4 heterocycles. The van der Waals surface area contributed by atoms with Crippen molar-refractivity contribution in [1.29, 1.82) is 0 Å². The Balaban J connectivity index is 1.37. The first-order valence-corrected chi connectivity index (χ1v) is 11.4. The average Bonchev–Trinajstić information content (AvgIpc) is 3.23. The van der Waals surface area contributed by atoms with Crippen LogP contribution in [0.1, 0.15) is 54.7 Å². The van der Waals surface area contributed by atoms with Crippen molar-refractivity contribution in [2.24, 2.45) is 5.92 Å². The summed E-state index contributed by atoms with van der Waals surface area (Å²) in [6.07, 6.45) is 15.6. The van der Waals surface area contributed by atoms with Crippen molar-refractivity contribution in [2.75, 3.05) is 19.6 Å². The van der Waals surface area contributed by atoms with Gasteiger partial charge >= 0.3 is 0 Å². The number of nitrogens with one attached hydrogen (secondary N) is 2.